The van der Waals surface area contributed by atoms with Crippen LogP contribution in [0.2, 0.25) is 0 Å². The predicted molar refractivity (Wildman–Crippen MR) is 69.2 cm³/mol. The largest absolute Gasteiger partial charge is 0.423 e. The zero-order chi connectivity index (χ0) is 13.3. The van der Waals surface area contributed by atoms with Crippen LogP contribution in [-0.2, 0) is 9.98 Å². The molecule has 0 aromatic heterocycles. The molecular formula is C12H20NO3P. The van der Waals surface area contributed by atoms with Crippen molar-refractivity contribution in [3.63, 3.8) is 0 Å². The number of nitrogens with two attached hydrogens (primary N) is 1. The van der Waals surface area contributed by atoms with Gasteiger partial charge in [-0.25, -0.2) is 4.57 Å². The van der Waals surface area contributed by atoms with Crippen molar-refractivity contribution in [1.29, 1.82) is 0 Å². The topological polar surface area (TPSA) is 72.6 Å². The Labute approximate surface area is 102 Å². The quantitative estimate of drug-likeness (QED) is 0.817. The molecule has 3 N–H and O–H groups in total. The monoisotopic (exact) mass is 257 g/mol. The Morgan fingerprint density at radius 2 is 1.76 bits per heavy atom. The SMILES string of the molecule is CC(N)P(=O)(O)Oc1ccc(C(C)(C)C)cc1. The van der Waals surface area contributed by atoms with Gasteiger partial charge in [-0.05, 0) is 30.0 Å². The minimum Gasteiger partial charge on any atom is -0.423 e. The standard InChI is InChI=1S/C12H20NO3P/c1-9(13)17(14,15)16-11-7-5-10(6-8-11)12(2,3)4/h5-9H,13H2,1-4H3,(H,14,15). The van der Waals surface area contributed by atoms with E-state index < -0.39 is 13.4 Å². The van der Waals surface area contributed by atoms with E-state index in [2.05, 4.69) is 20.8 Å². The van der Waals surface area contributed by atoms with Crippen LogP contribution < -0.4 is 10.3 Å². The van der Waals surface area contributed by atoms with Crippen LogP contribution in [-0.4, -0.2) is 10.7 Å². The van der Waals surface area contributed by atoms with Crippen LogP contribution in [0.25, 0.3) is 0 Å². The van der Waals surface area contributed by atoms with Gasteiger partial charge in [-0.15, -0.1) is 0 Å². The van der Waals surface area contributed by atoms with E-state index in [4.69, 9.17) is 10.3 Å². The summed E-state index contributed by atoms with van der Waals surface area (Å²) >= 11 is 0. The summed E-state index contributed by atoms with van der Waals surface area (Å²) in [4.78, 5) is 9.48. The lowest BCUT2D eigenvalue weighted by Crippen LogP contribution is -2.18. The molecule has 2 atom stereocenters. The highest BCUT2D eigenvalue weighted by Gasteiger charge is 2.26. The summed E-state index contributed by atoms with van der Waals surface area (Å²) in [5.74, 6) is -0.536. The van der Waals surface area contributed by atoms with Gasteiger partial charge in [0.05, 0.1) is 0 Å². The molecule has 1 rings (SSSR count). The second kappa shape index (κ2) is 4.81. The van der Waals surface area contributed by atoms with Crippen molar-refractivity contribution in [2.24, 2.45) is 5.73 Å². The van der Waals surface area contributed by atoms with E-state index in [1.54, 1.807) is 12.1 Å². The normalized spacial score (nSPS) is 17.3. The van der Waals surface area contributed by atoms with Gasteiger partial charge in [0.1, 0.15) is 11.5 Å². The molecule has 5 heteroatoms. The van der Waals surface area contributed by atoms with E-state index in [-0.39, 0.29) is 5.41 Å². The first-order valence-electron chi connectivity index (χ1n) is 5.51. The number of benzene rings is 1. The first kappa shape index (κ1) is 14.2. The molecule has 2 unspecified atom stereocenters. The molecule has 0 fully saturated rings. The molecule has 0 spiro atoms. The lowest BCUT2D eigenvalue weighted by molar-refractivity contribution is 0.368. The Bertz CT molecular complexity index is 420. The van der Waals surface area contributed by atoms with Crippen LogP contribution in [0.3, 0.4) is 0 Å². The molecule has 0 saturated heterocycles. The Morgan fingerprint density at radius 3 is 2.12 bits per heavy atom. The molecule has 96 valence electrons. The second-order valence-corrected chi connectivity index (χ2v) is 7.30. The molecule has 0 saturated carbocycles. The third-order valence-electron chi connectivity index (χ3n) is 2.47. The van der Waals surface area contributed by atoms with Crippen LogP contribution >= 0.6 is 7.60 Å². The highest BCUT2D eigenvalue weighted by atomic mass is 31.2. The fraction of sp³-hybridized carbons (Fsp3) is 0.500. The number of hydrogen-bond donors (Lipinski definition) is 2. The molecule has 0 amide bonds. The van der Waals surface area contributed by atoms with Crippen molar-refractivity contribution < 1.29 is 14.0 Å². The van der Waals surface area contributed by atoms with E-state index in [0.717, 1.165) is 5.56 Å². The average molecular weight is 257 g/mol. The number of rotatable bonds is 3. The molecule has 1 aromatic carbocycles. The molecule has 17 heavy (non-hydrogen) atoms. The summed E-state index contributed by atoms with van der Waals surface area (Å²) in [5, 5.41) is 0. The van der Waals surface area contributed by atoms with Gasteiger partial charge in [-0.1, -0.05) is 32.9 Å². The Hall–Kier alpha value is -0.830. The Balaban J connectivity index is 2.87. The fourth-order valence-electron chi connectivity index (χ4n) is 1.25. The van der Waals surface area contributed by atoms with Gasteiger partial charge < -0.3 is 15.2 Å². The van der Waals surface area contributed by atoms with Gasteiger partial charge in [0.2, 0.25) is 0 Å². The van der Waals surface area contributed by atoms with Crippen molar-refractivity contribution in [3.8, 4) is 5.75 Å². The van der Waals surface area contributed by atoms with Crippen molar-refractivity contribution in [3.05, 3.63) is 29.8 Å². The molecule has 0 aliphatic heterocycles. The lowest BCUT2D eigenvalue weighted by Gasteiger charge is -2.20. The van der Waals surface area contributed by atoms with E-state index in [1.807, 2.05) is 12.1 Å². The molecule has 4 nitrogen and oxygen atoms in total. The second-order valence-electron chi connectivity index (χ2n) is 5.17. The third kappa shape index (κ3) is 3.84. The molecule has 1 aromatic rings. The molecule has 0 heterocycles. The minimum atomic E-state index is -3.76. The van der Waals surface area contributed by atoms with Crippen molar-refractivity contribution in [2.75, 3.05) is 0 Å². The summed E-state index contributed by atoms with van der Waals surface area (Å²) in [7, 11) is -3.76. The highest BCUT2D eigenvalue weighted by molar-refractivity contribution is 7.53. The van der Waals surface area contributed by atoms with Gasteiger partial charge >= 0.3 is 7.60 Å². The summed E-state index contributed by atoms with van der Waals surface area (Å²) in [5.41, 5.74) is 6.56. The summed E-state index contributed by atoms with van der Waals surface area (Å²) < 4.78 is 16.6. The maximum absolute atomic E-state index is 11.6. The van der Waals surface area contributed by atoms with Gasteiger partial charge in [0, 0.05) is 0 Å². The van der Waals surface area contributed by atoms with E-state index in [0.29, 0.717) is 5.75 Å². The lowest BCUT2D eigenvalue weighted by atomic mass is 9.87. The van der Waals surface area contributed by atoms with Crippen LogP contribution in [0.15, 0.2) is 24.3 Å². The van der Waals surface area contributed by atoms with Gasteiger partial charge in [-0.2, -0.15) is 0 Å². The summed E-state index contributed by atoms with van der Waals surface area (Å²) in [6, 6.07) is 7.14. The van der Waals surface area contributed by atoms with Crippen molar-refractivity contribution >= 4 is 7.60 Å². The van der Waals surface area contributed by atoms with Crippen molar-refractivity contribution in [2.45, 2.75) is 38.9 Å². The maximum Gasteiger partial charge on any atom is 0.392 e. The van der Waals surface area contributed by atoms with Gasteiger partial charge in [0.25, 0.3) is 0 Å². The van der Waals surface area contributed by atoms with Gasteiger partial charge in [-0.3, -0.25) is 0 Å². The minimum absolute atomic E-state index is 0.0442. The third-order valence-corrected chi connectivity index (χ3v) is 3.97. The van der Waals surface area contributed by atoms with E-state index in [9.17, 15) is 9.46 Å². The fourth-order valence-corrected chi connectivity index (χ4v) is 1.84. The Morgan fingerprint density at radius 1 is 1.29 bits per heavy atom. The first-order chi connectivity index (χ1) is 7.63. The van der Waals surface area contributed by atoms with Crippen molar-refractivity contribution in [1.82, 2.24) is 0 Å². The zero-order valence-corrected chi connectivity index (χ0v) is 11.6. The smallest absolute Gasteiger partial charge is 0.392 e. The molecule has 0 aliphatic rings. The maximum atomic E-state index is 11.6. The van der Waals surface area contributed by atoms with Crippen LogP contribution in [0.1, 0.15) is 33.3 Å². The van der Waals surface area contributed by atoms with Gasteiger partial charge in [0.15, 0.2) is 0 Å². The Kier molecular flexibility index (Phi) is 4.03. The highest BCUT2D eigenvalue weighted by Crippen LogP contribution is 2.45. The van der Waals surface area contributed by atoms with Crippen LogP contribution in [0, 0.1) is 0 Å². The summed E-state index contributed by atoms with van der Waals surface area (Å²) in [6.45, 7) is 7.75. The predicted octanol–water partition coefficient (Wildman–Crippen LogP) is 2.85. The molecule has 0 aliphatic carbocycles. The molecular weight excluding hydrogens is 237 g/mol. The van der Waals surface area contributed by atoms with E-state index >= 15 is 0 Å². The average Bonchev–Trinajstić information content (AvgIpc) is 2.16. The van der Waals surface area contributed by atoms with E-state index in [1.165, 1.54) is 6.92 Å². The van der Waals surface area contributed by atoms with Crippen LogP contribution in [0.4, 0.5) is 0 Å². The zero-order valence-electron chi connectivity index (χ0n) is 10.7. The summed E-state index contributed by atoms with van der Waals surface area (Å²) in [6.07, 6.45) is 0. The van der Waals surface area contributed by atoms with Crippen LogP contribution in [0.5, 0.6) is 5.75 Å². The molecule has 0 bridgehead atoms. The first-order valence-corrected chi connectivity index (χ1v) is 7.16. The number of hydrogen-bond acceptors (Lipinski definition) is 3. The molecule has 0 radical (unpaired) electrons.